The molecule has 1 rings (SSSR count). The highest BCUT2D eigenvalue weighted by molar-refractivity contribution is 5.79. The van der Waals surface area contributed by atoms with Gasteiger partial charge < -0.3 is 10.2 Å². The monoisotopic (exact) mass is 181 g/mol. The van der Waals surface area contributed by atoms with Crippen LogP contribution in [0.5, 0.6) is 0 Å². The molecule has 0 bridgehead atoms. The Bertz CT molecular complexity index is 238. The van der Waals surface area contributed by atoms with E-state index in [1.165, 1.54) is 0 Å². The van der Waals surface area contributed by atoms with E-state index in [1.54, 1.807) is 4.90 Å². The third-order valence-electron chi connectivity index (χ3n) is 2.26. The zero-order chi connectivity index (χ0) is 9.90. The maximum Gasteiger partial charge on any atom is 0.235 e. The molecule has 4 nitrogen and oxygen atoms in total. The van der Waals surface area contributed by atoms with Crippen molar-refractivity contribution < 1.29 is 4.79 Å². The molecule has 0 aromatic rings. The Morgan fingerprint density at radius 3 is 2.54 bits per heavy atom. The molecule has 0 spiro atoms. The number of rotatable bonds is 3. The van der Waals surface area contributed by atoms with Gasteiger partial charge in [-0.15, -0.1) is 0 Å². The van der Waals surface area contributed by atoms with Crippen molar-refractivity contribution in [3.8, 4) is 6.07 Å². The summed E-state index contributed by atoms with van der Waals surface area (Å²) >= 11 is 0. The first-order valence-electron chi connectivity index (χ1n) is 4.45. The van der Waals surface area contributed by atoms with E-state index in [0.29, 0.717) is 6.54 Å². The average Bonchev–Trinajstić information content (AvgIpc) is 1.95. The van der Waals surface area contributed by atoms with E-state index < -0.39 is 5.54 Å². The number of likely N-dealkylation sites (N-methyl/N-ethyl adjacent to an activating group) is 1. The first-order chi connectivity index (χ1) is 6.08. The summed E-state index contributed by atoms with van der Waals surface area (Å²) in [6, 6.07) is 2.17. The molecule has 0 saturated heterocycles. The fourth-order valence-corrected chi connectivity index (χ4v) is 1.39. The minimum atomic E-state index is -0.549. The van der Waals surface area contributed by atoms with Gasteiger partial charge in [0.2, 0.25) is 5.91 Å². The first-order valence-corrected chi connectivity index (χ1v) is 4.45. The molecule has 0 radical (unpaired) electrons. The summed E-state index contributed by atoms with van der Waals surface area (Å²) in [7, 11) is 3.67. The number of nitrogens with zero attached hydrogens (tertiary/aromatic N) is 2. The zero-order valence-electron chi connectivity index (χ0n) is 8.13. The lowest BCUT2D eigenvalue weighted by Crippen LogP contribution is -2.54. The van der Waals surface area contributed by atoms with Crippen LogP contribution in [0.1, 0.15) is 19.3 Å². The second kappa shape index (κ2) is 3.75. The Labute approximate surface area is 78.5 Å². The van der Waals surface area contributed by atoms with Gasteiger partial charge in [-0.2, -0.15) is 5.26 Å². The van der Waals surface area contributed by atoms with Crippen molar-refractivity contribution in [2.24, 2.45) is 0 Å². The fourth-order valence-electron chi connectivity index (χ4n) is 1.39. The van der Waals surface area contributed by atoms with Crippen LogP contribution in [-0.2, 0) is 4.79 Å². The van der Waals surface area contributed by atoms with Crippen molar-refractivity contribution in [3.63, 3.8) is 0 Å². The zero-order valence-corrected chi connectivity index (χ0v) is 8.13. The normalized spacial score (nSPS) is 18.9. The molecule has 1 saturated carbocycles. The smallest absolute Gasteiger partial charge is 0.235 e. The standard InChI is InChI=1S/C9H15N3O/c1-12(2)6-8(13)11-9(7-10)4-3-5-9/h3-6H2,1-2H3,(H,11,13). The van der Waals surface area contributed by atoms with Crippen LogP contribution in [-0.4, -0.2) is 37.0 Å². The average molecular weight is 181 g/mol. The summed E-state index contributed by atoms with van der Waals surface area (Å²) in [6.07, 6.45) is 2.63. The van der Waals surface area contributed by atoms with Crippen LogP contribution in [0.4, 0.5) is 0 Å². The molecule has 0 aromatic heterocycles. The van der Waals surface area contributed by atoms with Crippen molar-refractivity contribution >= 4 is 5.91 Å². The fraction of sp³-hybridized carbons (Fsp3) is 0.778. The predicted molar refractivity (Wildman–Crippen MR) is 48.9 cm³/mol. The number of hydrogen-bond acceptors (Lipinski definition) is 3. The number of nitrogens with one attached hydrogen (secondary N) is 1. The number of carbonyl (C=O) groups is 1. The lowest BCUT2D eigenvalue weighted by Gasteiger charge is -2.36. The molecular formula is C9H15N3O. The van der Waals surface area contributed by atoms with Crippen LogP contribution in [0.2, 0.25) is 0 Å². The molecule has 1 amide bonds. The molecule has 0 heterocycles. The highest BCUT2D eigenvalue weighted by Crippen LogP contribution is 2.30. The van der Waals surface area contributed by atoms with Gasteiger partial charge in [-0.25, -0.2) is 0 Å². The van der Waals surface area contributed by atoms with Crippen molar-refractivity contribution in [2.45, 2.75) is 24.8 Å². The molecule has 0 aliphatic heterocycles. The lowest BCUT2D eigenvalue weighted by atomic mass is 9.78. The molecule has 4 heteroatoms. The minimum absolute atomic E-state index is 0.0637. The van der Waals surface area contributed by atoms with Crippen LogP contribution in [0, 0.1) is 11.3 Å². The Morgan fingerprint density at radius 2 is 2.23 bits per heavy atom. The van der Waals surface area contributed by atoms with E-state index in [0.717, 1.165) is 19.3 Å². The Hall–Kier alpha value is -1.08. The molecule has 1 aliphatic carbocycles. The van der Waals surface area contributed by atoms with Gasteiger partial charge in [-0.1, -0.05) is 0 Å². The molecular weight excluding hydrogens is 166 g/mol. The van der Waals surface area contributed by atoms with Gasteiger partial charge in [0.1, 0.15) is 5.54 Å². The second-order valence-electron chi connectivity index (χ2n) is 3.83. The van der Waals surface area contributed by atoms with E-state index >= 15 is 0 Å². The van der Waals surface area contributed by atoms with E-state index in [2.05, 4.69) is 11.4 Å². The lowest BCUT2D eigenvalue weighted by molar-refractivity contribution is -0.123. The molecule has 1 N–H and O–H groups in total. The van der Waals surface area contributed by atoms with Crippen LogP contribution in [0.25, 0.3) is 0 Å². The van der Waals surface area contributed by atoms with Crippen LogP contribution in [0.15, 0.2) is 0 Å². The van der Waals surface area contributed by atoms with Crippen LogP contribution in [0.3, 0.4) is 0 Å². The van der Waals surface area contributed by atoms with E-state index in [1.807, 2.05) is 14.1 Å². The van der Waals surface area contributed by atoms with E-state index in [-0.39, 0.29) is 5.91 Å². The molecule has 1 aliphatic rings. The SMILES string of the molecule is CN(C)CC(=O)NC1(C#N)CCC1. The maximum atomic E-state index is 11.3. The summed E-state index contributed by atoms with van der Waals surface area (Å²) < 4.78 is 0. The highest BCUT2D eigenvalue weighted by Gasteiger charge is 2.38. The summed E-state index contributed by atoms with van der Waals surface area (Å²) in [5, 5.41) is 11.6. The van der Waals surface area contributed by atoms with E-state index in [9.17, 15) is 4.79 Å². The Kier molecular flexibility index (Phi) is 2.89. The van der Waals surface area contributed by atoms with Crippen molar-refractivity contribution in [1.82, 2.24) is 10.2 Å². The molecule has 0 aromatic carbocycles. The maximum absolute atomic E-state index is 11.3. The van der Waals surface area contributed by atoms with Gasteiger partial charge >= 0.3 is 0 Å². The molecule has 0 unspecified atom stereocenters. The topological polar surface area (TPSA) is 56.1 Å². The first kappa shape index (κ1) is 10.0. The van der Waals surface area contributed by atoms with Gasteiger partial charge in [0.15, 0.2) is 0 Å². The van der Waals surface area contributed by atoms with Gasteiger partial charge in [0.25, 0.3) is 0 Å². The number of amides is 1. The molecule has 1 fully saturated rings. The second-order valence-corrected chi connectivity index (χ2v) is 3.83. The predicted octanol–water partition coefficient (Wildman–Crippen LogP) is 0.110. The summed E-state index contributed by atoms with van der Waals surface area (Å²) in [5.41, 5.74) is -0.549. The molecule has 0 atom stereocenters. The summed E-state index contributed by atoms with van der Waals surface area (Å²) in [5.74, 6) is -0.0637. The van der Waals surface area contributed by atoms with Gasteiger partial charge in [0.05, 0.1) is 12.6 Å². The minimum Gasteiger partial charge on any atom is -0.337 e. The van der Waals surface area contributed by atoms with Gasteiger partial charge in [0, 0.05) is 0 Å². The Morgan fingerprint density at radius 1 is 1.62 bits per heavy atom. The number of nitriles is 1. The van der Waals surface area contributed by atoms with Crippen molar-refractivity contribution in [2.75, 3.05) is 20.6 Å². The van der Waals surface area contributed by atoms with E-state index in [4.69, 9.17) is 5.26 Å². The van der Waals surface area contributed by atoms with Crippen LogP contribution < -0.4 is 5.32 Å². The Balaban J connectivity index is 2.39. The van der Waals surface area contributed by atoms with Gasteiger partial charge in [-0.3, -0.25) is 4.79 Å². The number of hydrogen-bond donors (Lipinski definition) is 1. The third kappa shape index (κ3) is 2.43. The van der Waals surface area contributed by atoms with Crippen LogP contribution >= 0.6 is 0 Å². The largest absolute Gasteiger partial charge is 0.337 e. The van der Waals surface area contributed by atoms with Crippen molar-refractivity contribution in [3.05, 3.63) is 0 Å². The summed E-state index contributed by atoms with van der Waals surface area (Å²) in [4.78, 5) is 13.1. The molecule has 13 heavy (non-hydrogen) atoms. The molecule has 72 valence electrons. The quantitative estimate of drug-likeness (QED) is 0.672. The summed E-state index contributed by atoms with van der Waals surface area (Å²) in [6.45, 7) is 0.351. The third-order valence-corrected chi connectivity index (χ3v) is 2.26. The number of carbonyl (C=O) groups excluding carboxylic acids is 1. The highest BCUT2D eigenvalue weighted by atomic mass is 16.2. The van der Waals surface area contributed by atoms with Gasteiger partial charge in [-0.05, 0) is 33.4 Å². The van der Waals surface area contributed by atoms with Crippen molar-refractivity contribution in [1.29, 1.82) is 5.26 Å².